The molecule has 0 radical (unpaired) electrons. The SMILES string of the molecule is CC(=O)NC(C)(CCCCB1OC(C)(C)C(C)(C)O1)C1CCNCC1. The van der Waals surface area contributed by atoms with E-state index in [0.717, 1.165) is 51.5 Å². The van der Waals surface area contributed by atoms with E-state index < -0.39 is 0 Å². The van der Waals surface area contributed by atoms with Gasteiger partial charge in [-0.25, -0.2) is 0 Å². The highest BCUT2D eigenvalue weighted by Crippen LogP contribution is 2.38. The van der Waals surface area contributed by atoms with Crippen LogP contribution >= 0.6 is 0 Å². The zero-order valence-electron chi connectivity index (χ0n) is 17.0. The highest BCUT2D eigenvalue weighted by Gasteiger charge is 2.50. The van der Waals surface area contributed by atoms with Crippen molar-refractivity contribution in [2.75, 3.05) is 13.1 Å². The molecule has 0 aromatic rings. The molecule has 5 nitrogen and oxygen atoms in total. The largest absolute Gasteiger partial charge is 0.457 e. The average molecular weight is 352 g/mol. The molecule has 1 atom stereocenters. The van der Waals surface area contributed by atoms with Crippen molar-refractivity contribution < 1.29 is 14.1 Å². The van der Waals surface area contributed by atoms with Crippen LogP contribution in [0, 0.1) is 5.92 Å². The first-order valence-electron chi connectivity index (χ1n) is 9.91. The summed E-state index contributed by atoms with van der Waals surface area (Å²) in [5.41, 5.74) is -0.612. The van der Waals surface area contributed by atoms with Gasteiger partial charge in [0.05, 0.1) is 11.2 Å². The van der Waals surface area contributed by atoms with E-state index in [9.17, 15) is 4.79 Å². The summed E-state index contributed by atoms with van der Waals surface area (Å²) in [5, 5.41) is 6.67. The minimum Gasteiger partial charge on any atom is -0.403 e. The standard InChI is InChI=1S/C19H37BN2O3/c1-15(23)22-19(6,16-9-13-21-14-10-16)11-7-8-12-20-24-17(2,3)18(4,5)25-20/h16,21H,7-14H2,1-6H3,(H,22,23). The van der Waals surface area contributed by atoms with E-state index in [1.807, 2.05) is 0 Å². The van der Waals surface area contributed by atoms with E-state index in [4.69, 9.17) is 9.31 Å². The third-order valence-electron chi connectivity index (χ3n) is 6.39. The van der Waals surface area contributed by atoms with Crippen LogP contribution in [0.15, 0.2) is 0 Å². The third-order valence-corrected chi connectivity index (χ3v) is 6.39. The number of amides is 1. The van der Waals surface area contributed by atoms with Gasteiger partial charge >= 0.3 is 7.12 Å². The minimum absolute atomic E-state index is 0.0759. The molecule has 1 amide bonds. The monoisotopic (exact) mass is 352 g/mol. The Morgan fingerprint density at radius 1 is 1.16 bits per heavy atom. The van der Waals surface area contributed by atoms with Crippen molar-refractivity contribution in [1.29, 1.82) is 0 Å². The zero-order valence-corrected chi connectivity index (χ0v) is 17.0. The molecule has 144 valence electrons. The lowest BCUT2D eigenvalue weighted by Gasteiger charge is -2.41. The molecule has 6 heteroatoms. The molecular formula is C19H37BN2O3. The summed E-state index contributed by atoms with van der Waals surface area (Å²) in [6.07, 6.45) is 6.32. The Bertz CT molecular complexity index is 448. The number of hydrogen-bond acceptors (Lipinski definition) is 4. The van der Waals surface area contributed by atoms with E-state index in [1.165, 1.54) is 0 Å². The van der Waals surface area contributed by atoms with Crippen LogP contribution in [0.25, 0.3) is 0 Å². The lowest BCUT2D eigenvalue weighted by Crippen LogP contribution is -2.53. The molecule has 2 aliphatic heterocycles. The molecule has 2 fully saturated rings. The van der Waals surface area contributed by atoms with E-state index in [1.54, 1.807) is 6.92 Å². The summed E-state index contributed by atoms with van der Waals surface area (Å²) in [7, 11) is -0.115. The summed E-state index contributed by atoms with van der Waals surface area (Å²) in [5.74, 6) is 0.626. The van der Waals surface area contributed by atoms with Gasteiger partial charge in [-0.3, -0.25) is 4.79 Å². The van der Waals surface area contributed by atoms with Gasteiger partial charge in [0.1, 0.15) is 0 Å². The van der Waals surface area contributed by atoms with Crippen LogP contribution in [0.2, 0.25) is 6.32 Å². The topological polar surface area (TPSA) is 59.6 Å². The van der Waals surface area contributed by atoms with Crippen LogP contribution in [-0.2, 0) is 14.1 Å². The van der Waals surface area contributed by atoms with Crippen LogP contribution in [0.3, 0.4) is 0 Å². The van der Waals surface area contributed by atoms with Crippen molar-refractivity contribution >= 4 is 13.0 Å². The molecule has 0 aromatic carbocycles. The molecule has 0 aliphatic carbocycles. The lowest BCUT2D eigenvalue weighted by molar-refractivity contribution is -0.121. The Labute approximate surface area is 154 Å². The predicted octanol–water partition coefficient (Wildman–Crippen LogP) is 3.14. The number of piperidine rings is 1. The molecule has 25 heavy (non-hydrogen) atoms. The van der Waals surface area contributed by atoms with Crippen molar-refractivity contribution in [3.8, 4) is 0 Å². The van der Waals surface area contributed by atoms with Crippen molar-refractivity contribution in [3.63, 3.8) is 0 Å². The molecule has 0 bridgehead atoms. The normalized spacial score (nSPS) is 25.6. The van der Waals surface area contributed by atoms with Crippen LogP contribution in [0.1, 0.15) is 73.6 Å². The smallest absolute Gasteiger partial charge is 0.403 e. The molecule has 2 saturated heterocycles. The fourth-order valence-electron chi connectivity index (χ4n) is 4.12. The molecule has 1 unspecified atom stereocenters. The molecular weight excluding hydrogens is 315 g/mol. The molecule has 2 rings (SSSR count). The molecule has 0 aromatic heterocycles. The summed E-state index contributed by atoms with van der Waals surface area (Å²) < 4.78 is 12.2. The van der Waals surface area contributed by atoms with Crippen LogP contribution in [0.5, 0.6) is 0 Å². The van der Waals surface area contributed by atoms with Crippen molar-refractivity contribution in [2.24, 2.45) is 5.92 Å². The van der Waals surface area contributed by atoms with Gasteiger partial charge in [0.25, 0.3) is 0 Å². The van der Waals surface area contributed by atoms with Gasteiger partial charge in [0, 0.05) is 12.5 Å². The van der Waals surface area contributed by atoms with Crippen LogP contribution in [-0.4, -0.2) is 42.9 Å². The number of carbonyl (C=O) groups is 1. The van der Waals surface area contributed by atoms with Gasteiger partial charge in [0.2, 0.25) is 5.91 Å². The van der Waals surface area contributed by atoms with Gasteiger partial charge in [-0.1, -0.05) is 12.8 Å². The van der Waals surface area contributed by atoms with Crippen LogP contribution in [0.4, 0.5) is 0 Å². The minimum atomic E-state index is -0.253. The Hall–Kier alpha value is -0.585. The maximum absolute atomic E-state index is 11.7. The molecule has 2 aliphatic rings. The second-order valence-corrected chi connectivity index (χ2v) is 9.05. The molecule has 2 N–H and O–H groups in total. The van der Waals surface area contributed by atoms with Gasteiger partial charge in [0.15, 0.2) is 0 Å². The highest BCUT2D eigenvalue weighted by atomic mass is 16.7. The number of hydrogen-bond donors (Lipinski definition) is 2. The number of unbranched alkanes of at least 4 members (excludes halogenated alkanes) is 1. The predicted molar refractivity (Wildman–Crippen MR) is 103 cm³/mol. The maximum Gasteiger partial charge on any atom is 0.457 e. The second kappa shape index (κ2) is 7.97. The first-order chi connectivity index (χ1) is 11.6. The summed E-state index contributed by atoms with van der Waals surface area (Å²) in [6, 6.07) is 0. The Kier molecular flexibility index (Phi) is 6.61. The Morgan fingerprint density at radius 3 is 2.24 bits per heavy atom. The van der Waals surface area contributed by atoms with Gasteiger partial charge in [-0.05, 0) is 79.2 Å². The van der Waals surface area contributed by atoms with Crippen LogP contribution < -0.4 is 10.6 Å². The Morgan fingerprint density at radius 2 is 1.72 bits per heavy atom. The zero-order chi connectivity index (χ0) is 18.7. The number of nitrogens with one attached hydrogen (secondary N) is 2. The Balaban J connectivity index is 1.82. The molecule has 0 saturated carbocycles. The molecule has 2 heterocycles. The number of carbonyl (C=O) groups excluding carboxylic acids is 1. The van der Waals surface area contributed by atoms with Gasteiger partial charge in [-0.2, -0.15) is 0 Å². The van der Waals surface area contributed by atoms with Crippen molar-refractivity contribution in [3.05, 3.63) is 0 Å². The summed E-state index contributed by atoms with van der Waals surface area (Å²) >= 11 is 0. The fourth-order valence-corrected chi connectivity index (χ4v) is 4.12. The first-order valence-corrected chi connectivity index (χ1v) is 9.91. The average Bonchev–Trinajstić information content (AvgIpc) is 2.71. The van der Waals surface area contributed by atoms with Crippen molar-refractivity contribution in [2.45, 2.75) is 96.7 Å². The summed E-state index contributed by atoms with van der Waals surface area (Å²) in [6.45, 7) is 14.3. The maximum atomic E-state index is 11.7. The summed E-state index contributed by atoms with van der Waals surface area (Å²) in [4.78, 5) is 11.7. The fraction of sp³-hybridized carbons (Fsp3) is 0.947. The third kappa shape index (κ3) is 5.21. The quantitative estimate of drug-likeness (QED) is 0.546. The second-order valence-electron chi connectivity index (χ2n) is 9.05. The van der Waals surface area contributed by atoms with Crippen molar-refractivity contribution in [1.82, 2.24) is 10.6 Å². The van der Waals surface area contributed by atoms with E-state index >= 15 is 0 Å². The first kappa shape index (κ1) is 20.7. The van der Waals surface area contributed by atoms with E-state index in [0.29, 0.717) is 5.92 Å². The lowest BCUT2D eigenvalue weighted by atomic mass is 9.74. The van der Waals surface area contributed by atoms with Gasteiger partial charge in [-0.15, -0.1) is 0 Å². The van der Waals surface area contributed by atoms with E-state index in [-0.39, 0.29) is 29.8 Å². The molecule has 0 spiro atoms. The van der Waals surface area contributed by atoms with Gasteiger partial charge < -0.3 is 19.9 Å². The number of rotatable bonds is 7. The van der Waals surface area contributed by atoms with E-state index in [2.05, 4.69) is 45.3 Å². The highest BCUT2D eigenvalue weighted by molar-refractivity contribution is 6.45.